The third kappa shape index (κ3) is 2.94. The Morgan fingerprint density at radius 2 is 2.11 bits per heavy atom. The summed E-state index contributed by atoms with van der Waals surface area (Å²) in [5.74, 6) is 1.80. The number of benzene rings is 1. The van der Waals surface area contributed by atoms with Crippen LogP contribution in [0.25, 0.3) is 0 Å². The second-order valence-electron chi connectivity index (χ2n) is 4.91. The third-order valence-electron chi connectivity index (χ3n) is 3.37. The van der Waals surface area contributed by atoms with E-state index in [-0.39, 0.29) is 18.8 Å². The normalized spacial score (nSPS) is 18.2. The van der Waals surface area contributed by atoms with Crippen molar-refractivity contribution in [2.24, 2.45) is 11.7 Å². The molecule has 100 valence electrons. The Kier molecular flexibility index (Phi) is 4.09. The van der Waals surface area contributed by atoms with Gasteiger partial charge in [-0.25, -0.2) is 0 Å². The van der Waals surface area contributed by atoms with Gasteiger partial charge in [0.2, 0.25) is 0 Å². The zero-order valence-corrected chi connectivity index (χ0v) is 10.9. The van der Waals surface area contributed by atoms with Crippen LogP contribution in [0.4, 0.5) is 0 Å². The zero-order chi connectivity index (χ0) is 13.1. The summed E-state index contributed by atoms with van der Waals surface area (Å²) in [6.07, 6.45) is 1.90. The van der Waals surface area contributed by atoms with Gasteiger partial charge in [0.15, 0.2) is 11.5 Å². The van der Waals surface area contributed by atoms with E-state index in [0.717, 1.165) is 18.4 Å². The lowest BCUT2D eigenvalue weighted by Crippen LogP contribution is -2.43. The first-order valence-electron chi connectivity index (χ1n) is 6.33. The summed E-state index contributed by atoms with van der Waals surface area (Å²) in [5, 5.41) is 9.41. The lowest BCUT2D eigenvalue weighted by molar-refractivity contribution is 0.0856. The number of aliphatic hydroxyl groups excluding tert-OH is 1. The number of nitrogens with two attached hydrogens (primary N) is 1. The van der Waals surface area contributed by atoms with E-state index in [1.165, 1.54) is 0 Å². The molecule has 1 saturated carbocycles. The maximum absolute atomic E-state index is 9.41. The van der Waals surface area contributed by atoms with Crippen LogP contribution in [-0.2, 0) is 0 Å². The van der Waals surface area contributed by atoms with E-state index in [2.05, 4.69) is 0 Å². The molecule has 0 saturated heterocycles. The van der Waals surface area contributed by atoms with Gasteiger partial charge in [-0.05, 0) is 43.4 Å². The molecule has 2 atom stereocenters. The largest absolute Gasteiger partial charge is 0.493 e. The van der Waals surface area contributed by atoms with Crippen LogP contribution in [0.5, 0.6) is 11.5 Å². The molecule has 3 N–H and O–H groups in total. The molecule has 0 bridgehead atoms. The van der Waals surface area contributed by atoms with Gasteiger partial charge in [0.05, 0.1) is 13.7 Å². The van der Waals surface area contributed by atoms with Crippen molar-refractivity contribution < 1.29 is 14.6 Å². The van der Waals surface area contributed by atoms with E-state index in [4.69, 9.17) is 15.2 Å². The smallest absolute Gasteiger partial charge is 0.161 e. The van der Waals surface area contributed by atoms with Gasteiger partial charge in [-0.15, -0.1) is 0 Å². The lowest BCUT2D eigenvalue weighted by atomic mass is 10.1. The van der Waals surface area contributed by atoms with Crippen molar-refractivity contribution in [2.75, 3.05) is 13.7 Å². The maximum atomic E-state index is 9.41. The molecule has 0 heterocycles. The van der Waals surface area contributed by atoms with Crippen molar-refractivity contribution in [1.29, 1.82) is 0 Å². The van der Waals surface area contributed by atoms with Crippen molar-refractivity contribution in [1.82, 2.24) is 0 Å². The van der Waals surface area contributed by atoms with E-state index >= 15 is 0 Å². The summed E-state index contributed by atoms with van der Waals surface area (Å²) in [4.78, 5) is 0. The first-order chi connectivity index (χ1) is 8.65. The molecule has 4 heteroatoms. The fourth-order valence-corrected chi connectivity index (χ4v) is 2.06. The van der Waals surface area contributed by atoms with Crippen LogP contribution in [0.15, 0.2) is 18.2 Å². The topological polar surface area (TPSA) is 64.7 Å². The maximum Gasteiger partial charge on any atom is 0.161 e. The van der Waals surface area contributed by atoms with Crippen LogP contribution in [-0.4, -0.2) is 31.0 Å². The molecule has 0 amide bonds. The molecule has 1 fully saturated rings. The van der Waals surface area contributed by atoms with E-state index in [1.54, 1.807) is 7.11 Å². The number of methoxy groups -OCH3 is 1. The van der Waals surface area contributed by atoms with Crippen molar-refractivity contribution >= 4 is 0 Å². The number of aryl methyl sites for hydroxylation is 1. The van der Waals surface area contributed by atoms with Crippen molar-refractivity contribution in [3.63, 3.8) is 0 Å². The quantitative estimate of drug-likeness (QED) is 0.804. The summed E-state index contributed by atoms with van der Waals surface area (Å²) in [7, 11) is 1.61. The summed E-state index contributed by atoms with van der Waals surface area (Å²) >= 11 is 0. The molecular formula is C14H21NO3. The summed E-state index contributed by atoms with van der Waals surface area (Å²) in [6.45, 7) is 1.92. The second kappa shape index (κ2) is 5.59. The SMILES string of the molecule is COc1cc(C)ccc1OC(CO)C(N)C1CC1. The Labute approximate surface area is 108 Å². The first-order valence-corrected chi connectivity index (χ1v) is 6.33. The minimum atomic E-state index is -0.367. The highest BCUT2D eigenvalue weighted by molar-refractivity contribution is 5.42. The molecule has 0 spiro atoms. The number of rotatable bonds is 6. The Balaban J connectivity index is 2.10. The first kappa shape index (κ1) is 13.2. The van der Waals surface area contributed by atoms with Gasteiger partial charge in [-0.1, -0.05) is 6.07 Å². The monoisotopic (exact) mass is 251 g/mol. The Hall–Kier alpha value is -1.26. The molecule has 0 radical (unpaired) electrons. The van der Waals surface area contributed by atoms with Gasteiger partial charge >= 0.3 is 0 Å². The number of aliphatic hydroxyl groups is 1. The molecular weight excluding hydrogens is 230 g/mol. The second-order valence-corrected chi connectivity index (χ2v) is 4.91. The van der Waals surface area contributed by atoms with Crippen molar-refractivity contribution in [3.8, 4) is 11.5 Å². The van der Waals surface area contributed by atoms with Crippen LogP contribution in [0.2, 0.25) is 0 Å². The van der Waals surface area contributed by atoms with Crippen LogP contribution >= 0.6 is 0 Å². The fraction of sp³-hybridized carbons (Fsp3) is 0.571. The Morgan fingerprint density at radius 1 is 1.39 bits per heavy atom. The van der Waals surface area contributed by atoms with E-state index in [1.807, 2.05) is 25.1 Å². The van der Waals surface area contributed by atoms with Gasteiger partial charge in [0, 0.05) is 6.04 Å². The van der Waals surface area contributed by atoms with Crippen LogP contribution < -0.4 is 15.2 Å². The molecule has 1 aliphatic rings. The summed E-state index contributed by atoms with van der Waals surface area (Å²) in [6, 6.07) is 5.61. The molecule has 2 unspecified atom stereocenters. The Morgan fingerprint density at radius 3 is 2.67 bits per heavy atom. The van der Waals surface area contributed by atoms with Gasteiger partial charge in [-0.2, -0.15) is 0 Å². The third-order valence-corrected chi connectivity index (χ3v) is 3.37. The van der Waals surface area contributed by atoms with E-state index in [9.17, 15) is 5.11 Å². The molecule has 1 aromatic rings. The molecule has 1 aliphatic carbocycles. The van der Waals surface area contributed by atoms with Gasteiger partial charge in [0.25, 0.3) is 0 Å². The number of hydrogen-bond acceptors (Lipinski definition) is 4. The minimum absolute atomic E-state index is 0.0747. The highest BCUT2D eigenvalue weighted by atomic mass is 16.5. The fourth-order valence-electron chi connectivity index (χ4n) is 2.06. The van der Waals surface area contributed by atoms with Crippen molar-refractivity contribution in [3.05, 3.63) is 23.8 Å². The van der Waals surface area contributed by atoms with Crippen molar-refractivity contribution in [2.45, 2.75) is 31.9 Å². The van der Waals surface area contributed by atoms with Crippen LogP contribution in [0.3, 0.4) is 0 Å². The summed E-state index contributed by atoms with van der Waals surface area (Å²) < 4.78 is 11.1. The van der Waals surface area contributed by atoms with Crippen LogP contribution in [0, 0.1) is 12.8 Å². The Bertz CT molecular complexity index is 404. The van der Waals surface area contributed by atoms with Gasteiger partial charge < -0.3 is 20.3 Å². The molecule has 0 aliphatic heterocycles. The minimum Gasteiger partial charge on any atom is -0.493 e. The standard InChI is InChI=1S/C14H21NO3/c1-9-3-6-11(12(7-9)17-2)18-13(8-16)14(15)10-4-5-10/h3,6-7,10,13-14,16H,4-5,8,15H2,1-2H3. The molecule has 2 rings (SSSR count). The lowest BCUT2D eigenvalue weighted by Gasteiger charge is -2.24. The van der Waals surface area contributed by atoms with Gasteiger partial charge in [0.1, 0.15) is 6.10 Å². The predicted octanol–water partition coefficient (Wildman–Crippen LogP) is 1.48. The average molecular weight is 251 g/mol. The molecule has 0 aromatic heterocycles. The van der Waals surface area contributed by atoms with E-state index in [0.29, 0.717) is 17.4 Å². The van der Waals surface area contributed by atoms with Crippen LogP contribution in [0.1, 0.15) is 18.4 Å². The summed E-state index contributed by atoms with van der Waals surface area (Å²) in [5.41, 5.74) is 7.18. The molecule has 4 nitrogen and oxygen atoms in total. The zero-order valence-electron chi connectivity index (χ0n) is 10.9. The molecule has 1 aromatic carbocycles. The highest BCUT2D eigenvalue weighted by Gasteiger charge is 2.35. The van der Waals surface area contributed by atoms with Gasteiger partial charge in [-0.3, -0.25) is 0 Å². The predicted molar refractivity (Wildman–Crippen MR) is 69.9 cm³/mol. The number of ether oxygens (including phenoxy) is 2. The van der Waals surface area contributed by atoms with E-state index < -0.39 is 0 Å². The highest BCUT2D eigenvalue weighted by Crippen LogP contribution is 2.35. The number of hydrogen-bond donors (Lipinski definition) is 2. The average Bonchev–Trinajstić information content (AvgIpc) is 3.20. The molecule has 18 heavy (non-hydrogen) atoms.